The van der Waals surface area contributed by atoms with Gasteiger partial charge in [0.25, 0.3) is 0 Å². The Morgan fingerprint density at radius 3 is 2.67 bits per heavy atom. The number of benzene rings is 1. The van der Waals surface area contributed by atoms with Crippen molar-refractivity contribution >= 4 is 5.78 Å². The predicted molar refractivity (Wildman–Crippen MR) is 65.9 cm³/mol. The summed E-state index contributed by atoms with van der Waals surface area (Å²) in [5, 5.41) is 8.65. The molecule has 1 atom stereocenters. The van der Waals surface area contributed by atoms with Crippen molar-refractivity contribution in [2.75, 3.05) is 13.3 Å². The summed E-state index contributed by atoms with van der Waals surface area (Å²) in [5.74, 6) is 0.908. The van der Waals surface area contributed by atoms with Crippen LogP contribution in [0.15, 0.2) is 36.0 Å². The van der Waals surface area contributed by atoms with Gasteiger partial charge in [-0.1, -0.05) is 12.1 Å². The Bertz CT molecular complexity index is 492. The van der Waals surface area contributed by atoms with E-state index in [1.165, 1.54) is 11.3 Å². The molecule has 1 N–H and O–H groups in total. The summed E-state index contributed by atoms with van der Waals surface area (Å²) < 4.78 is 4.99. The highest BCUT2D eigenvalue weighted by Gasteiger charge is 2.38. The highest BCUT2D eigenvalue weighted by atomic mass is 16.6. The molecule has 1 heterocycles. The van der Waals surface area contributed by atoms with Crippen LogP contribution in [0.3, 0.4) is 0 Å². The molecule has 0 spiro atoms. The number of aliphatic hydroxyl groups is 1. The maximum atomic E-state index is 11.2. The summed E-state index contributed by atoms with van der Waals surface area (Å²) in [6, 6.07) is 8.12. The van der Waals surface area contributed by atoms with Gasteiger partial charge in [-0.2, -0.15) is 0 Å². The van der Waals surface area contributed by atoms with Crippen LogP contribution in [0.25, 0.3) is 0 Å². The number of hydrogen-bond acceptors (Lipinski definition) is 4. The molecule has 1 aromatic rings. The van der Waals surface area contributed by atoms with Crippen molar-refractivity contribution < 1.29 is 14.6 Å². The quantitative estimate of drug-likeness (QED) is 0.647. The van der Waals surface area contributed by atoms with E-state index in [4.69, 9.17) is 9.84 Å². The molecule has 1 unspecified atom stereocenters. The van der Waals surface area contributed by atoms with E-state index in [9.17, 15) is 4.79 Å². The lowest BCUT2D eigenvalue weighted by Crippen LogP contribution is -1.97. The number of allylic oxidation sites excluding steroid dienone is 2. The highest BCUT2D eigenvalue weighted by Crippen LogP contribution is 2.41. The van der Waals surface area contributed by atoms with Gasteiger partial charge in [-0.05, 0) is 24.1 Å². The first-order chi connectivity index (χ1) is 8.78. The molecular formula is C14H15NO3. The van der Waals surface area contributed by atoms with Crippen LogP contribution in [0.2, 0.25) is 0 Å². The molecule has 0 aromatic heterocycles. The first kappa shape index (κ1) is 11.3. The van der Waals surface area contributed by atoms with E-state index in [1.54, 1.807) is 6.08 Å². The molecule has 18 heavy (non-hydrogen) atoms. The molecular weight excluding hydrogens is 230 g/mol. The second-order valence-electron chi connectivity index (χ2n) is 4.61. The molecule has 0 bridgehead atoms. The average molecular weight is 245 g/mol. The molecule has 4 nitrogen and oxygen atoms in total. The number of ketones is 1. The van der Waals surface area contributed by atoms with Gasteiger partial charge >= 0.3 is 0 Å². The van der Waals surface area contributed by atoms with E-state index >= 15 is 0 Å². The van der Waals surface area contributed by atoms with Crippen LogP contribution in [-0.4, -0.2) is 29.1 Å². The summed E-state index contributed by atoms with van der Waals surface area (Å²) in [4.78, 5) is 13.5. The monoisotopic (exact) mass is 245 g/mol. The normalized spacial score (nSPS) is 22.1. The fourth-order valence-electron chi connectivity index (χ4n) is 2.41. The first-order valence-corrected chi connectivity index (χ1v) is 6.11. The van der Waals surface area contributed by atoms with Gasteiger partial charge in [0, 0.05) is 24.7 Å². The molecule has 1 fully saturated rings. The van der Waals surface area contributed by atoms with Gasteiger partial charge in [-0.25, -0.2) is 0 Å². The number of carbonyl (C=O) groups is 1. The Hall–Kier alpha value is -1.81. The minimum atomic E-state index is -0.302. The van der Waals surface area contributed by atoms with Crippen molar-refractivity contribution in [3.05, 3.63) is 41.6 Å². The average Bonchev–Trinajstić information content (AvgIpc) is 3.06. The Morgan fingerprint density at radius 1 is 1.28 bits per heavy atom. The summed E-state index contributed by atoms with van der Waals surface area (Å²) >= 11 is 0. The smallest absolute Gasteiger partial charge is 0.186 e. The van der Waals surface area contributed by atoms with Crippen LogP contribution in [-0.2, 0) is 4.79 Å². The molecule has 0 amide bonds. The van der Waals surface area contributed by atoms with Gasteiger partial charge in [-0.3, -0.25) is 4.79 Å². The zero-order valence-corrected chi connectivity index (χ0v) is 10.0. The maximum absolute atomic E-state index is 11.2. The summed E-state index contributed by atoms with van der Waals surface area (Å²) in [6.07, 6.45) is 3.30. The lowest BCUT2D eigenvalue weighted by atomic mass is 10.1. The van der Waals surface area contributed by atoms with E-state index in [1.807, 2.05) is 24.3 Å². The predicted octanol–water partition coefficient (Wildman–Crippen LogP) is 1.62. The molecule has 1 aromatic carbocycles. The zero-order chi connectivity index (χ0) is 12.5. The van der Waals surface area contributed by atoms with Crippen molar-refractivity contribution in [2.45, 2.75) is 18.9 Å². The van der Waals surface area contributed by atoms with E-state index in [-0.39, 0.29) is 12.6 Å². The Kier molecular flexibility index (Phi) is 2.80. The van der Waals surface area contributed by atoms with Crippen LogP contribution in [0.5, 0.6) is 5.75 Å². The van der Waals surface area contributed by atoms with Crippen molar-refractivity contribution in [1.29, 1.82) is 0 Å². The minimum absolute atomic E-state index is 0.238. The highest BCUT2D eigenvalue weighted by molar-refractivity contribution is 5.92. The van der Waals surface area contributed by atoms with E-state index in [2.05, 4.69) is 4.90 Å². The maximum Gasteiger partial charge on any atom is 0.186 e. The third-order valence-electron chi connectivity index (χ3n) is 3.43. The number of hydrogen-bond donors (Lipinski definition) is 1. The van der Waals surface area contributed by atoms with E-state index in [0.717, 1.165) is 13.0 Å². The standard InChI is InChI=1S/C14H15NO3/c16-9-18-13-5-1-10(2-6-13)14-8-15(14)11-3-4-12(17)7-11/h1-2,5-7,14,16H,3-4,8-9H2. The second kappa shape index (κ2) is 4.46. The molecule has 3 rings (SSSR count). The summed E-state index contributed by atoms with van der Waals surface area (Å²) in [7, 11) is 0. The Balaban J connectivity index is 1.67. The van der Waals surface area contributed by atoms with Crippen LogP contribution in [0.4, 0.5) is 0 Å². The fraction of sp³-hybridized carbons (Fsp3) is 0.357. The van der Waals surface area contributed by atoms with Crippen LogP contribution in [0.1, 0.15) is 24.4 Å². The Morgan fingerprint density at radius 2 is 2.06 bits per heavy atom. The topological polar surface area (TPSA) is 49.5 Å². The molecule has 1 aliphatic carbocycles. The molecule has 4 heteroatoms. The molecule has 1 aliphatic heterocycles. The second-order valence-corrected chi connectivity index (χ2v) is 4.61. The minimum Gasteiger partial charge on any atom is -0.468 e. The van der Waals surface area contributed by atoms with Gasteiger partial charge in [0.2, 0.25) is 0 Å². The fourth-order valence-corrected chi connectivity index (χ4v) is 2.41. The zero-order valence-electron chi connectivity index (χ0n) is 10.0. The SMILES string of the molecule is O=C1C=C(N2CC2c2ccc(OCO)cc2)CC1. The van der Waals surface area contributed by atoms with Crippen LogP contribution >= 0.6 is 0 Å². The van der Waals surface area contributed by atoms with Crippen LogP contribution in [0, 0.1) is 0 Å². The third-order valence-corrected chi connectivity index (χ3v) is 3.43. The molecule has 94 valence electrons. The van der Waals surface area contributed by atoms with Crippen molar-refractivity contribution in [2.24, 2.45) is 0 Å². The van der Waals surface area contributed by atoms with E-state index in [0.29, 0.717) is 18.2 Å². The van der Waals surface area contributed by atoms with Gasteiger partial charge in [-0.15, -0.1) is 0 Å². The van der Waals surface area contributed by atoms with Crippen LogP contribution < -0.4 is 4.74 Å². The van der Waals surface area contributed by atoms with E-state index < -0.39 is 0 Å². The molecule has 0 saturated carbocycles. The summed E-state index contributed by atoms with van der Waals surface area (Å²) in [5.41, 5.74) is 2.39. The van der Waals surface area contributed by atoms with Gasteiger partial charge in [0.1, 0.15) is 5.75 Å². The number of rotatable bonds is 4. The lowest BCUT2D eigenvalue weighted by molar-refractivity contribution is -0.114. The van der Waals surface area contributed by atoms with Crippen molar-refractivity contribution in [3.8, 4) is 5.75 Å². The third kappa shape index (κ3) is 2.11. The number of nitrogens with zero attached hydrogens (tertiary/aromatic N) is 1. The Labute approximate surface area is 105 Å². The van der Waals surface area contributed by atoms with Gasteiger partial charge in [0.15, 0.2) is 12.6 Å². The lowest BCUT2D eigenvalue weighted by Gasteiger charge is -2.07. The molecule has 2 aliphatic rings. The first-order valence-electron chi connectivity index (χ1n) is 6.11. The van der Waals surface area contributed by atoms with Crippen molar-refractivity contribution in [3.63, 3.8) is 0 Å². The number of aliphatic hydroxyl groups excluding tert-OH is 1. The van der Waals surface area contributed by atoms with Gasteiger partial charge < -0.3 is 14.7 Å². The number of carbonyl (C=O) groups excluding carboxylic acids is 1. The molecule has 0 radical (unpaired) electrons. The molecule has 1 saturated heterocycles. The summed E-state index contributed by atoms with van der Waals surface area (Å²) in [6.45, 7) is 0.684. The van der Waals surface area contributed by atoms with Gasteiger partial charge in [0.05, 0.1) is 6.04 Å². The van der Waals surface area contributed by atoms with Crippen molar-refractivity contribution in [1.82, 2.24) is 4.90 Å². The largest absolute Gasteiger partial charge is 0.468 e. The number of ether oxygens (including phenoxy) is 1.